The fourth-order valence-electron chi connectivity index (χ4n) is 2.74. The van der Waals surface area contributed by atoms with E-state index in [1.807, 2.05) is 25.2 Å². The van der Waals surface area contributed by atoms with E-state index >= 15 is 0 Å². The molecule has 2 N–H and O–H groups in total. The van der Waals surface area contributed by atoms with Gasteiger partial charge in [0, 0.05) is 43.4 Å². The summed E-state index contributed by atoms with van der Waals surface area (Å²) >= 11 is 6.07. The summed E-state index contributed by atoms with van der Waals surface area (Å²) in [6.07, 6.45) is 3.84. The van der Waals surface area contributed by atoms with Crippen LogP contribution in [-0.4, -0.2) is 38.7 Å². The Morgan fingerprint density at radius 2 is 2.18 bits per heavy atom. The lowest BCUT2D eigenvalue weighted by Gasteiger charge is -2.20. The molecule has 1 heterocycles. The van der Waals surface area contributed by atoms with Gasteiger partial charge < -0.3 is 15.5 Å². The maximum Gasteiger partial charge on any atom is 0.191 e. The van der Waals surface area contributed by atoms with E-state index in [2.05, 4.69) is 26.6 Å². The summed E-state index contributed by atoms with van der Waals surface area (Å²) in [7, 11) is 1.84. The summed E-state index contributed by atoms with van der Waals surface area (Å²) in [5, 5.41) is 7.75. The molecule has 0 spiro atoms. The molecular weight excluding hydrogens is 411 g/mol. The molecule has 122 valence electrons. The van der Waals surface area contributed by atoms with E-state index in [4.69, 9.17) is 11.6 Å². The van der Waals surface area contributed by atoms with Crippen molar-refractivity contribution in [1.82, 2.24) is 10.6 Å². The molecule has 0 amide bonds. The van der Waals surface area contributed by atoms with E-state index in [0.29, 0.717) is 6.04 Å². The highest BCUT2D eigenvalue weighted by Gasteiger charge is 2.25. The number of hydrogen-bond donors (Lipinski definition) is 2. The van der Waals surface area contributed by atoms with Crippen LogP contribution in [0.15, 0.2) is 29.3 Å². The van der Waals surface area contributed by atoms with Crippen molar-refractivity contribution in [2.24, 2.45) is 10.9 Å². The molecular formula is C16H24ClIN4. The largest absolute Gasteiger partial charge is 0.369 e. The van der Waals surface area contributed by atoms with Gasteiger partial charge in [0.1, 0.15) is 0 Å². The van der Waals surface area contributed by atoms with E-state index in [9.17, 15) is 0 Å². The second-order valence-electron chi connectivity index (χ2n) is 5.95. The van der Waals surface area contributed by atoms with Gasteiger partial charge in [-0.25, -0.2) is 0 Å². The van der Waals surface area contributed by atoms with Gasteiger partial charge in [-0.3, -0.25) is 4.99 Å². The van der Waals surface area contributed by atoms with Crippen LogP contribution in [0.5, 0.6) is 0 Å². The minimum Gasteiger partial charge on any atom is -0.369 e. The second kappa shape index (κ2) is 8.24. The van der Waals surface area contributed by atoms with Crippen molar-refractivity contribution < 1.29 is 0 Å². The monoisotopic (exact) mass is 434 g/mol. The van der Waals surface area contributed by atoms with Crippen LogP contribution in [-0.2, 0) is 0 Å². The zero-order chi connectivity index (χ0) is 14.7. The molecule has 1 aliphatic carbocycles. The standard InChI is InChI=1S/C16H23ClN4.HI/c1-18-16(19-10-12-5-6-12)20-14-7-8-21(11-14)15-4-2-3-13(17)9-15;/h2-4,9,12,14H,5-8,10-11H2,1H3,(H2,18,19,20);1H. The molecule has 0 bridgehead atoms. The van der Waals surface area contributed by atoms with Crippen LogP contribution in [0, 0.1) is 5.92 Å². The van der Waals surface area contributed by atoms with Crippen molar-refractivity contribution in [2.45, 2.75) is 25.3 Å². The van der Waals surface area contributed by atoms with Crippen LogP contribution in [0.2, 0.25) is 5.02 Å². The van der Waals surface area contributed by atoms with E-state index in [1.165, 1.54) is 18.5 Å². The number of guanidine groups is 1. The average molecular weight is 435 g/mol. The van der Waals surface area contributed by atoms with Crippen LogP contribution >= 0.6 is 35.6 Å². The quantitative estimate of drug-likeness (QED) is 0.435. The number of aliphatic imine (C=N–C) groups is 1. The van der Waals surface area contributed by atoms with Crippen molar-refractivity contribution in [3.8, 4) is 0 Å². The molecule has 1 saturated heterocycles. The maximum absolute atomic E-state index is 6.07. The lowest BCUT2D eigenvalue weighted by atomic mass is 10.2. The van der Waals surface area contributed by atoms with Gasteiger partial charge in [-0.1, -0.05) is 17.7 Å². The molecule has 4 nitrogen and oxygen atoms in total. The van der Waals surface area contributed by atoms with Crippen LogP contribution in [0.25, 0.3) is 0 Å². The second-order valence-corrected chi connectivity index (χ2v) is 6.39. The highest BCUT2D eigenvalue weighted by atomic mass is 127. The van der Waals surface area contributed by atoms with E-state index < -0.39 is 0 Å². The summed E-state index contributed by atoms with van der Waals surface area (Å²) in [4.78, 5) is 6.69. The Kier molecular flexibility index (Phi) is 6.62. The molecule has 1 aromatic carbocycles. The summed E-state index contributed by atoms with van der Waals surface area (Å²) < 4.78 is 0. The summed E-state index contributed by atoms with van der Waals surface area (Å²) in [6.45, 7) is 3.09. The van der Waals surface area contributed by atoms with Crippen molar-refractivity contribution in [3.63, 3.8) is 0 Å². The first-order chi connectivity index (χ1) is 10.2. The maximum atomic E-state index is 6.07. The van der Waals surface area contributed by atoms with Gasteiger partial charge in [-0.05, 0) is 43.4 Å². The molecule has 1 saturated carbocycles. The highest BCUT2D eigenvalue weighted by molar-refractivity contribution is 14.0. The van der Waals surface area contributed by atoms with Crippen LogP contribution in [0.4, 0.5) is 5.69 Å². The predicted molar refractivity (Wildman–Crippen MR) is 105 cm³/mol. The van der Waals surface area contributed by atoms with Crippen molar-refractivity contribution in [1.29, 1.82) is 0 Å². The predicted octanol–water partition coefficient (Wildman–Crippen LogP) is 3.11. The number of nitrogens with zero attached hydrogens (tertiary/aromatic N) is 2. The molecule has 22 heavy (non-hydrogen) atoms. The summed E-state index contributed by atoms with van der Waals surface area (Å²) in [5.74, 6) is 1.79. The Labute approximate surface area is 154 Å². The number of halogens is 2. The number of rotatable bonds is 4. The first kappa shape index (κ1) is 17.7. The Morgan fingerprint density at radius 3 is 2.86 bits per heavy atom. The molecule has 2 aliphatic rings. The molecule has 1 aromatic rings. The molecule has 6 heteroatoms. The smallest absolute Gasteiger partial charge is 0.191 e. The number of anilines is 1. The van der Waals surface area contributed by atoms with Crippen LogP contribution < -0.4 is 15.5 Å². The third-order valence-electron chi connectivity index (χ3n) is 4.18. The number of benzene rings is 1. The third kappa shape index (κ3) is 4.91. The molecule has 0 radical (unpaired) electrons. The molecule has 0 aromatic heterocycles. The first-order valence-corrected chi connectivity index (χ1v) is 8.10. The average Bonchev–Trinajstić information content (AvgIpc) is 3.20. The zero-order valence-electron chi connectivity index (χ0n) is 12.9. The third-order valence-corrected chi connectivity index (χ3v) is 4.42. The van der Waals surface area contributed by atoms with Crippen molar-refractivity contribution in [3.05, 3.63) is 29.3 Å². The Hall–Kier alpha value is -0.690. The first-order valence-electron chi connectivity index (χ1n) is 7.72. The Balaban J connectivity index is 0.00000176. The molecule has 1 unspecified atom stereocenters. The lowest BCUT2D eigenvalue weighted by molar-refractivity contribution is 0.641. The van der Waals surface area contributed by atoms with Gasteiger partial charge in [0.15, 0.2) is 5.96 Å². The topological polar surface area (TPSA) is 39.7 Å². The number of hydrogen-bond acceptors (Lipinski definition) is 2. The van der Waals surface area contributed by atoms with E-state index in [1.54, 1.807) is 0 Å². The highest BCUT2D eigenvalue weighted by Crippen LogP contribution is 2.27. The molecule has 1 atom stereocenters. The fourth-order valence-corrected chi connectivity index (χ4v) is 2.92. The number of nitrogens with one attached hydrogen (secondary N) is 2. The summed E-state index contributed by atoms with van der Waals surface area (Å²) in [6, 6.07) is 8.52. The van der Waals surface area contributed by atoms with Gasteiger partial charge in [0.05, 0.1) is 0 Å². The molecule has 3 rings (SSSR count). The van der Waals surface area contributed by atoms with Gasteiger partial charge in [0.25, 0.3) is 0 Å². The van der Waals surface area contributed by atoms with E-state index in [-0.39, 0.29) is 24.0 Å². The normalized spacial score (nSPS) is 21.5. The zero-order valence-corrected chi connectivity index (χ0v) is 16.0. The van der Waals surface area contributed by atoms with Crippen LogP contribution in [0.3, 0.4) is 0 Å². The SMILES string of the molecule is CN=C(NCC1CC1)NC1CCN(c2cccc(Cl)c2)C1.I. The minimum atomic E-state index is 0. The van der Waals surface area contributed by atoms with Crippen molar-refractivity contribution >= 4 is 47.2 Å². The molecule has 1 aliphatic heterocycles. The van der Waals surface area contributed by atoms with Crippen molar-refractivity contribution in [2.75, 3.05) is 31.6 Å². The Morgan fingerprint density at radius 1 is 1.36 bits per heavy atom. The van der Waals surface area contributed by atoms with Gasteiger partial charge >= 0.3 is 0 Å². The minimum absolute atomic E-state index is 0. The lowest BCUT2D eigenvalue weighted by Crippen LogP contribution is -2.45. The fraction of sp³-hybridized carbons (Fsp3) is 0.562. The van der Waals surface area contributed by atoms with Gasteiger partial charge in [-0.2, -0.15) is 0 Å². The Bertz CT molecular complexity index is 519. The molecule has 2 fully saturated rings. The van der Waals surface area contributed by atoms with E-state index in [0.717, 1.165) is 43.0 Å². The summed E-state index contributed by atoms with van der Waals surface area (Å²) in [5.41, 5.74) is 1.20. The van der Waals surface area contributed by atoms with Crippen LogP contribution in [0.1, 0.15) is 19.3 Å². The van der Waals surface area contributed by atoms with Gasteiger partial charge in [-0.15, -0.1) is 24.0 Å². The van der Waals surface area contributed by atoms with Gasteiger partial charge in [0.2, 0.25) is 0 Å².